The van der Waals surface area contributed by atoms with Crippen molar-refractivity contribution in [2.24, 2.45) is 0 Å². The summed E-state index contributed by atoms with van der Waals surface area (Å²) >= 11 is 0. The Balaban J connectivity index is 2.96. The number of benzene rings is 1. The molecule has 0 heterocycles. The Morgan fingerprint density at radius 1 is 1.00 bits per heavy atom. The van der Waals surface area contributed by atoms with E-state index in [9.17, 15) is 0 Å². The molecule has 0 fully saturated rings. The number of rotatable bonds is 4. The average Bonchev–Trinajstić information content (AvgIpc) is 2.20. The van der Waals surface area contributed by atoms with Crippen LogP contribution in [0.1, 0.15) is 0 Å². The molecule has 4 heteroatoms. The normalized spacial score (nSPS) is 10.1. The quantitative estimate of drug-likeness (QED) is 0.688. The van der Waals surface area contributed by atoms with Gasteiger partial charge in [-0.1, -0.05) is 37.8 Å². The average molecular weight is 219 g/mol. The van der Waals surface area contributed by atoms with Gasteiger partial charge in [-0.3, -0.25) is 0 Å². The van der Waals surface area contributed by atoms with Crippen molar-refractivity contribution < 1.29 is 0 Å². The molecule has 0 saturated heterocycles. The fraction of sp³-hybridized carbons (Fsp3) is 0.333. The van der Waals surface area contributed by atoms with Crippen molar-refractivity contribution in [3.63, 3.8) is 0 Å². The first-order valence-corrected chi connectivity index (χ1v) is 8.64. The van der Waals surface area contributed by atoms with Crippen LogP contribution in [0.5, 0.6) is 0 Å². The Hall–Kier alpha value is -0.329. The number of anilines is 1. The largest absolute Gasteiger partial charge is 0.427 e. The molecular formula is C9H13NSi3. The molecule has 0 bridgehead atoms. The Labute approximate surface area is 88.2 Å². The maximum Gasteiger partial charge on any atom is 0.167 e. The predicted molar refractivity (Wildman–Crippen MR) is 63.4 cm³/mol. The minimum absolute atomic E-state index is 0.876. The molecule has 0 amide bonds. The van der Waals surface area contributed by atoms with Crippen LogP contribution in [-0.4, -0.2) is 28.9 Å². The minimum atomic E-state index is 0.876. The molecule has 0 spiro atoms. The van der Waals surface area contributed by atoms with Gasteiger partial charge in [0.2, 0.25) is 0 Å². The van der Waals surface area contributed by atoms with E-state index in [4.69, 9.17) is 0 Å². The first-order chi connectivity index (χ1) is 6.33. The molecule has 0 saturated carbocycles. The molecule has 0 aliphatic heterocycles. The summed E-state index contributed by atoms with van der Waals surface area (Å²) in [7, 11) is 2.65. The summed E-state index contributed by atoms with van der Waals surface area (Å²) < 4.78 is 2.46. The summed E-state index contributed by atoms with van der Waals surface area (Å²) in [5.74, 6) is 0. The van der Waals surface area contributed by atoms with Crippen molar-refractivity contribution in [1.82, 2.24) is 0 Å². The van der Waals surface area contributed by atoms with Gasteiger partial charge in [0.05, 0.1) is 9.52 Å². The van der Waals surface area contributed by atoms with Gasteiger partial charge in [-0.25, -0.2) is 0 Å². The molecule has 1 aromatic rings. The van der Waals surface area contributed by atoms with Gasteiger partial charge < -0.3 is 4.23 Å². The standard InChI is InChI=1S/C9H13NSi3/c1-11-9-7-5-4-6-8(9)10(12-2)13-3/h4-7H,1-3H3. The van der Waals surface area contributed by atoms with E-state index in [1.165, 1.54) is 10.9 Å². The van der Waals surface area contributed by atoms with Crippen LogP contribution in [0.15, 0.2) is 24.3 Å². The van der Waals surface area contributed by atoms with Gasteiger partial charge in [-0.15, -0.1) is 0 Å². The molecule has 0 atom stereocenters. The SMILES string of the molecule is C[Si]c1ccccc1N([Si]C)[Si]C. The second-order valence-corrected chi connectivity index (χ2v) is 5.82. The summed E-state index contributed by atoms with van der Waals surface area (Å²) in [6.07, 6.45) is 0. The third-order valence-electron chi connectivity index (χ3n) is 1.86. The Morgan fingerprint density at radius 2 is 1.62 bits per heavy atom. The lowest BCUT2D eigenvalue weighted by Crippen LogP contribution is -2.33. The van der Waals surface area contributed by atoms with E-state index in [1.807, 2.05) is 0 Å². The van der Waals surface area contributed by atoms with E-state index >= 15 is 0 Å². The molecule has 1 nitrogen and oxygen atoms in total. The van der Waals surface area contributed by atoms with Crippen molar-refractivity contribution in [1.29, 1.82) is 0 Å². The molecule has 0 aromatic heterocycles. The van der Waals surface area contributed by atoms with Crippen molar-refractivity contribution >= 4 is 39.8 Å². The second-order valence-electron chi connectivity index (χ2n) is 2.55. The second kappa shape index (κ2) is 5.41. The zero-order valence-electron chi connectivity index (χ0n) is 8.26. The van der Waals surface area contributed by atoms with Crippen molar-refractivity contribution in [3.8, 4) is 0 Å². The summed E-state index contributed by atoms with van der Waals surface area (Å²) in [5, 5.41) is 1.49. The maximum absolute atomic E-state index is 2.46. The van der Waals surface area contributed by atoms with E-state index in [2.05, 4.69) is 48.1 Å². The molecular weight excluding hydrogens is 206 g/mol. The smallest absolute Gasteiger partial charge is 0.167 e. The highest BCUT2D eigenvalue weighted by molar-refractivity contribution is 6.65. The van der Waals surface area contributed by atoms with Gasteiger partial charge in [0, 0.05) is 5.69 Å². The molecule has 6 radical (unpaired) electrons. The molecule has 0 N–H and O–H groups in total. The topological polar surface area (TPSA) is 3.24 Å². The molecule has 13 heavy (non-hydrogen) atoms. The fourth-order valence-electron chi connectivity index (χ4n) is 1.23. The van der Waals surface area contributed by atoms with Crippen molar-refractivity contribution in [2.75, 3.05) is 4.23 Å². The zero-order valence-corrected chi connectivity index (χ0v) is 11.3. The van der Waals surface area contributed by atoms with Crippen LogP contribution in [0.3, 0.4) is 0 Å². The van der Waals surface area contributed by atoms with E-state index in [0.717, 1.165) is 28.9 Å². The lowest BCUT2D eigenvalue weighted by atomic mass is 10.3. The molecule has 0 aliphatic carbocycles. The highest BCUT2D eigenvalue weighted by atomic mass is 28.3. The zero-order chi connectivity index (χ0) is 9.68. The van der Waals surface area contributed by atoms with Crippen LogP contribution in [0.2, 0.25) is 19.6 Å². The Kier molecular flexibility index (Phi) is 4.47. The van der Waals surface area contributed by atoms with Crippen LogP contribution in [0.25, 0.3) is 0 Å². The molecule has 1 aromatic carbocycles. The van der Waals surface area contributed by atoms with E-state index in [0.29, 0.717) is 0 Å². The maximum atomic E-state index is 2.46. The molecule has 1 rings (SSSR count). The van der Waals surface area contributed by atoms with E-state index < -0.39 is 0 Å². The highest BCUT2D eigenvalue weighted by Gasteiger charge is 2.06. The van der Waals surface area contributed by atoms with Crippen molar-refractivity contribution in [2.45, 2.75) is 19.6 Å². The van der Waals surface area contributed by atoms with Crippen LogP contribution < -0.4 is 9.42 Å². The summed E-state index contributed by atoms with van der Waals surface area (Å²) in [4.78, 5) is 0. The summed E-state index contributed by atoms with van der Waals surface area (Å²) in [6, 6.07) is 8.73. The van der Waals surface area contributed by atoms with Crippen LogP contribution in [-0.2, 0) is 0 Å². The highest BCUT2D eigenvalue weighted by Crippen LogP contribution is 2.07. The number of para-hydroxylation sites is 1. The summed E-state index contributed by atoms with van der Waals surface area (Å²) in [6.45, 7) is 6.73. The van der Waals surface area contributed by atoms with Gasteiger partial charge in [0.1, 0.15) is 0 Å². The number of hydrogen-bond donors (Lipinski definition) is 0. The molecule has 0 aliphatic rings. The van der Waals surface area contributed by atoms with Crippen LogP contribution >= 0.6 is 0 Å². The van der Waals surface area contributed by atoms with Gasteiger partial charge >= 0.3 is 0 Å². The molecule has 0 unspecified atom stereocenters. The number of hydrogen-bond acceptors (Lipinski definition) is 1. The van der Waals surface area contributed by atoms with Gasteiger partial charge in [-0.2, -0.15) is 0 Å². The number of nitrogens with zero attached hydrogens (tertiary/aromatic N) is 1. The fourth-order valence-corrected chi connectivity index (χ4v) is 3.94. The van der Waals surface area contributed by atoms with Crippen LogP contribution in [0.4, 0.5) is 5.69 Å². The van der Waals surface area contributed by atoms with Gasteiger partial charge in [0.15, 0.2) is 19.4 Å². The van der Waals surface area contributed by atoms with Gasteiger partial charge in [-0.05, 0) is 11.3 Å². The summed E-state index contributed by atoms with van der Waals surface area (Å²) in [5.41, 5.74) is 1.44. The first kappa shape index (κ1) is 10.7. The van der Waals surface area contributed by atoms with E-state index in [-0.39, 0.29) is 0 Å². The van der Waals surface area contributed by atoms with Crippen molar-refractivity contribution in [3.05, 3.63) is 24.3 Å². The van der Waals surface area contributed by atoms with E-state index in [1.54, 1.807) is 0 Å². The predicted octanol–water partition coefficient (Wildman–Crippen LogP) is 1.21. The Morgan fingerprint density at radius 3 is 2.15 bits per heavy atom. The lowest BCUT2D eigenvalue weighted by Gasteiger charge is -2.22. The third kappa shape index (κ3) is 2.55. The third-order valence-corrected chi connectivity index (χ3v) is 5.54. The minimum Gasteiger partial charge on any atom is -0.427 e. The monoisotopic (exact) mass is 219 g/mol. The Bertz CT molecular complexity index is 261. The van der Waals surface area contributed by atoms with Crippen LogP contribution in [0, 0.1) is 0 Å². The lowest BCUT2D eigenvalue weighted by molar-refractivity contribution is 1.56. The molecule has 66 valence electrons. The first-order valence-electron chi connectivity index (χ1n) is 4.25. The van der Waals surface area contributed by atoms with Gasteiger partial charge in [0.25, 0.3) is 0 Å².